The van der Waals surface area contributed by atoms with E-state index in [-0.39, 0.29) is 4.93 Å². The van der Waals surface area contributed by atoms with Gasteiger partial charge in [0.2, 0.25) is 0 Å². The van der Waals surface area contributed by atoms with Crippen LogP contribution in [0.1, 0.15) is 19.4 Å². The zero-order chi connectivity index (χ0) is 9.73. The van der Waals surface area contributed by atoms with Gasteiger partial charge in [-0.1, -0.05) is 30.3 Å². The quantitative estimate of drug-likeness (QED) is 0.683. The zero-order valence-electron chi connectivity index (χ0n) is 8.41. The molecule has 0 fully saturated rings. The summed E-state index contributed by atoms with van der Waals surface area (Å²) in [5, 5.41) is 0. The van der Waals surface area contributed by atoms with Crippen molar-refractivity contribution < 1.29 is 4.74 Å². The van der Waals surface area contributed by atoms with Crippen LogP contribution in [0.15, 0.2) is 30.3 Å². The van der Waals surface area contributed by atoms with Gasteiger partial charge in [-0.3, -0.25) is 0 Å². The second-order valence-electron chi connectivity index (χ2n) is 3.38. The van der Waals surface area contributed by atoms with Gasteiger partial charge in [0.1, 0.15) is 4.93 Å². The van der Waals surface area contributed by atoms with Crippen LogP contribution < -0.4 is 0 Å². The van der Waals surface area contributed by atoms with E-state index in [0.29, 0.717) is 6.61 Å². The van der Waals surface area contributed by atoms with Gasteiger partial charge >= 0.3 is 0 Å². The van der Waals surface area contributed by atoms with Gasteiger partial charge in [-0.05, 0) is 25.7 Å². The molecule has 0 N–H and O–H groups in total. The smallest absolute Gasteiger partial charge is 0.108 e. The summed E-state index contributed by atoms with van der Waals surface area (Å²) in [6.07, 6.45) is 2.06. The zero-order valence-corrected chi connectivity index (χ0v) is 9.23. The molecule has 0 unspecified atom stereocenters. The summed E-state index contributed by atoms with van der Waals surface area (Å²) in [5.74, 6) is 0. The maximum atomic E-state index is 5.73. The first kappa shape index (κ1) is 10.6. The molecule has 13 heavy (non-hydrogen) atoms. The van der Waals surface area contributed by atoms with E-state index in [0.717, 1.165) is 0 Å². The van der Waals surface area contributed by atoms with Crippen molar-refractivity contribution in [3.63, 3.8) is 0 Å². The van der Waals surface area contributed by atoms with E-state index in [2.05, 4.69) is 32.2 Å². The average Bonchev–Trinajstić information content (AvgIpc) is 2.17. The average molecular weight is 196 g/mol. The van der Waals surface area contributed by atoms with Crippen LogP contribution in [-0.2, 0) is 11.3 Å². The molecule has 1 nitrogen and oxygen atoms in total. The van der Waals surface area contributed by atoms with Crippen molar-refractivity contribution in [1.29, 1.82) is 0 Å². The molecule has 0 aliphatic carbocycles. The van der Waals surface area contributed by atoms with Crippen molar-refractivity contribution in [3.05, 3.63) is 35.9 Å². The number of hydrogen-bond donors (Lipinski definition) is 0. The summed E-state index contributed by atoms with van der Waals surface area (Å²) < 4.78 is 5.73. The molecule has 0 saturated heterocycles. The molecule has 0 atom stereocenters. The highest BCUT2D eigenvalue weighted by Crippen LogP contribution is 2.23. The summed E-state index contributed by atoms with van der Waals surface area (Å²) in [5.41, 5.74) is 1.23. The minimum atomic E-state index is -0.0875. The van der Waals surface area contributed by atoms with Crippen LogP contribution in [0.25, 0.3) is 0 Å². The molecule has 72 valence electrons. The van der Waals surface area contributed by atoms with E-state index >= 15 is 0 Å². The van der Waals surface area contributed by atoms with Gasteiger partial charge in [-0.15, -0.1) is 11.8 Å². The Bertz CT molecular complexity index is 244. The normalized spacial score (nSPS) is 11.6. The van der Waals surface area contributed by atoms with Crippen LogP contribution in [-0.4, -0.2) is 11.2 Å². The molecule has 1 aromatic rings. The van der Waals surface area contributed by atoms with Gasteiger partial charge in [-0.25, -0.2) is 0 Å². The standard InChI is InChI=1S/C11H16OS/c1-11(2,13-3)12-9-10-7-5-4-6-8-10/h4-8H,9H2,1-3H3. The van der Waals surface area contributed by atoms with Crippen molar-refractivity contribution in [2.75, 3.05) is 6.26 Å². The fraction of sp³-hybridized carbons (Fsp3) is 0.455. The Labute approximate surface area is 84.5 Å². The summed E-state index contributed by atoms with van der Waals surface area (Å²) in [6, 6.07) is 10.2. The lowest BCUT2D eigenvalue weighted by Gasteiger charge is -2.22. The molecular weight excluding hydrogens is 180 g/mol. The molecule has 1 rings (SSSR count). The molecule has 0 bridgehead atoms. The van der Waals surface area contributed by atoms with Crippen LogP contribution in [0.2, 0.25) is 0 Å². The monoisotopic (exact) mass is 196 g/mol. The van der Waals surface area contributed by atoms with Gasteiger partial charge < -0.3 is 4.74 Å². The van der Waals surface area contributed by atoms with Crippen molar-refractivity contribution in [3.8, 4) is 0 Å². The van der Waals surface area contributed by atoms with E-state index in [1.807, 2.05) is 18.2 Å². The van der Waals surface area contributed by atoms with Gasteiger partial charge in [-0.2, -0.15) is 0 Å². The molecule has 0 amide bonds. The Hall–Kier alpha value is -0.470. The van der Waals surface area contributed by atoms with E-state index in [4.69, 9.17) is 4.74 Å². The predicted molar refractivity (Wildman–Crippen MR) is 58.8 cm³/mol. The van der Waals surface area contributed by atoms with Crippen LogP contribution in [0.5, 0.6) is 0 Å². The number of hydrogen-bond acceptors (Lipinski definition) is 2. The third-order valence-corrected chi connectivity index (χ3v) is 3.02. The summed E-state index contributed by atoms with van der Waals surface area (Å²) >= 11 is 1.72. The maximum Gasteiger partial charge on any atom is 0.108 e. The van der Waals surface area contributed by atoms with Crippen molar-refractivity contribution >= 4 is 11.8 Å². The van der Waals surface area contributed by atoms with Crippen LogP contribution in [0.4, 0.5) is 0 Å². The number of benzene rings is 1. The van der Waals surface area contributed by atoms with Crippen molar-refractivity contribution in [2.45, 2.75) is 25.4 Å². The Morgan fingerprint density at radius 2 is 1.85 bits per heavy atom. The van der Waals surface area contributed by atoms with Crippen LogP contribution >= 0.6 is 11.8 Å². The first-order valence-corrected chi connectivity index (χ1v) is 5.59. The molecule has 0 radical (unpaired) electrons. The third kappa shape index (κ3) is 3.83. The van der Waals surface area contributed by atoms with Gasteiger partial charge in [0, 0.05) is 0 Å². The SMILES string of the molecule is CSC(C)(C)OCc1ccccc1. The lowest BCUT2D eigenvalue weighted by Crippen LogP contribution is -2.18. The molecule has 0 aliphatic rings. The fourth-order valence-electron chi connectivity index (χ4n) is 0.890. The number of rotatable bonds is 4. The highest BCUT2D eigenvalue weighted by molar-refractivity contribution is 7.99. The molecule has 0 aromatic heterocycles. The van der Waals surface area contributed by atoms with E-state index in [1.54, 1.807) is 11.8 Å². The van der Waals surface area contributed by atoms with E-state index < -0.39 is 0 Å². The first-order valence-electron chi connectivity index (χ1n) is 4.37. The lowest BCUT2D eigenvalue weighted by molar-refractivity contribution is 0.0398. The molecule has 0 spiro atoms. The molecular formula is C11H16OS. The largest absolute Gasteiger partial charge is 0.360 e. The maximum absolute atomic E-state index is 5.73. The Morgan fingerprint density at radius 1 is 1.23 bits per heavy atom. The van der Waals surface area contributed by atoms with Gasteiger partial charge in [0.25, 0.3) is 0 Å². The van der Waals surface area contributed by atoms with Crippen molar-refractivity contribution in [1.82, 2.24) is 0 Å². The fourth-order valence-corrected chi connectivity index (χ4v) is 1.07. The van der Waals surface area contributed by atoms with Gasteiger partial charge in [0.05, 0.1) is 6.61 Å². The Morgan fingerprint density at radius 3 is 2.38 bits per heavy atom. The molecule has 1 aromatic carbocycles. The molecule has 2 heteroatoms. The van der Waals surface area contributed by atoms with E-state index in [9.17, 15) is 0 Å². The van der Waals surface area contributed by atoms with Gasteiger partial charge in [0.15, 0.2) is 0 Å². The molecule has 0 heterocycles. The van der Waals surface area contributed by atoms with Crippen LogP contribution in [0.3, 0.4) is 0 Å². The second-order valence-corrected chi connectivity index (χ2v) is 4.77. The minimum Gasteiger partial charge on any atom is -0.360 e. The number of thioether (sulfide) groups is 1. The molecule has 0 saturated carbocycles. The lowest BCUT2D eigenvalue weighted by atomic mass is 10.2. The highest BCUT2D eigenvalue weighted by atomic mass is 32.2. The summed E-state index contributed by atoms with van der Waals surface area (Å²) in [6.45, 7) is 4.86. The Balaban J connectivity index is 2.44. The third-order valence-electron chi connectivity index (χ3n) is 1.92. The summed E-state index contributed by atoms with van der Waals surface area (Å²) in [7, 11) is 0. The van der Waals surface area contributed by atoms with Crippen LogP contribution in [0, 0.1) is 0 Å². The predicted octanol–water partition coefficient (Wildman–Crippen LogP) is 3.30. The Kier molecular flexibility index (Phi) is 3.82. The highest BCUT2D eigenvalue weighted by Gasteiger charge is 2.15. The van der Waals surface area contributed by atoms with Crippen molar-refractivity contribution in [2.24, 2.45) is 0 Å². The topological polar surface area (TPSA) is 9.23 Å². The first-order chi connectivity index (χ1) is 6.14. The minimum absolute atomic E-state index is 0.0875. The number of ether oxygens (including phenoxy) is 1. The molecule has 0 aliphatic heterocycles. The van der Waals surface area contributed by atoms with E-state index in [1.165, 1.54) is 5.56 Å². The summed E-state index contributed by atoms with van der Waals surface area (Å²) in [4.78, 5) is -0.0875. The second kappa shape index (κ2) is 4.68.